The van der Waals surface area contributed by atoms with E-state index in [1.54, 1.807) is 6.07 Å². The van der Waals surface area contributed by atoms with Gasteiger partial charge in [-0.15, -0.1) is 0 Å². The summed E-state index contributed by atoms with van der Waals surface area (Å²) in [6, 6.07) is 7.25. The molecular weight excluding hydrogens is 334 g/mol. The number of carbonyl (C=O) groups excluding carboxylic acids is 2. The molecule has 0 aromatic heterocycles. The normalized spacial score (nSPS) is 12.3. The van der Waals surface area contributed by atoms with E-state index in [2.05, 4.69) is 11.9 Å². The van der Waals surface area contributed by atoms with Gasteiger partial charge in [-0.25, -0.2) is 9.59 Å². The lowest BCUT2D eigenvalue weighted by Crippen LogP contribution is -2.31. The monoisotopic (exact) mass is 353 g/mol. The van der Waals surface area contributed by atoms with E-state index in [0.717, 1.165) is 17.2 Å². The van der Waals surface area contributed by atoms with Crippen LogP contribution in [0.1, 0.15) is 11.1 Å². The summed E-state index contributed by atoms with van der Waals surface area (Å²) in [6.07, 6.45) is 5.53. The standard InChI is InChI=1S/C20H19NO5/c1-2-17(22)25-12-11-21-20(24)26-19-15-9-5-3-7-13(15)18(23)14-8-4-6-10-16(14)19/h2-7,9,23H,1,8,10-12H2,(H,21,24). The van der Waals surface area contributed by atoms with Crippen molar-refractivity contribution in [3.05, 3.63) is 60.2 Å². The zero-order valence-electron chi connectivity index (χ0n) is 14.2. The molecule has 0 spiro atoms. The molecule has 3 rings (SSSR count). The van der Waals surface area contributed by atoms with Crippen molar-refractivity contribution in [2.24, 2.45) is 0 Å². The van der Waals surface area contributed by atoms with Crippen LogP contribution in [0.2, 0.25) is 0 Å². The first-order chi connectivity index (χ1) is 12.6. The maximum atomic E-state index is 12.2. The van der Waals surface area contributed by atoms with E-state index in [4.69, 9.17) is 9.47 Å². The average Bonchev–Trinajstić information content (AvgIpc) is 2.68. The molecular formula is C20H19NO5. The number of rotatable bonds is 5. The van der Waals surface area contributed by atoms with Gasteiger partial charge in [-0.1, -0.05) is 43.0 Å². The molecule has 26 heavy (non-hydrogen) atoms. The summed E-state index contributed by atoms with van der Waals surface area (Å²) < 4.78 is 10.4. The molecule has 0 atom stereocenters. The van der Waals surface area contributed by atoms with Gasteiger partial charge in [0.05, 0.1) is 6.54 Å². The maximum Gasteiger partial charge on any atom is 0.412 e. The van der Waals surface area contributed by atoms with Crippen molar-refractivity contribution in [2.45, 2.75) is 12.8 Å². The van der Waals surface area contributed by atoms with Crippen LogP contribution in [0, 0.1) is 0 Å². The van der Waals surface area contributed by atoms with E-state index in [1.807, 2.05) is 30.4 Å². The van der Waals surface area contributed by atoms with Gasteiger partial charge in [-0.05, 0) is 12.8 Å². The number of hydrogen-bond acceptors (Lipinski definition) is 5. The summed E-state index contributed by atoms with van der Waals surface area (Å²) in [5.41, 5.74) is 1.57. The number of benzene rings is 2. The molecule has 6 nitrogen and oxygen atoms in total. The van der Waals surface area contributed by atoms with E-state index in [1.165, 1.54) is 0 Å². The smallest absolute Gasteiger partial charge is 0.412 e. The fourth-order valence-corrected chi connectivity index (χ4v) is 2.94. The first kappa shape index (κ1) is 17.5. The van der Waals surface area contributed by atoms with Crippen molar-refractivity contribution in [2.75, 3.05) is 13.2 Å². The van der Waals surface area contributed by atoms with Crippen LogP contribution in [-0.2, 0) is 22.4 Å². The Morgan fingerprint density at radius 3 is 2.58 bits per heavy atom. The average molecular weight is 353 g/mol. The number of amides is 1. The Labute approximate surface area is 150 Å². The minimum Gasteiger partial charge on any atom is -0.507 e. The number of fused-ring (bicyclic) bond motifs is 2. The molecule has 6 heteroatoms. The van der Waals surface area contributed by atoms with Crippen LogP contribution in [0.4, 0.5) is 4.79 Å². The minimum atomic E-state index is -0.646. The zero-order valence-corrected chi connectivity index (χ0v) is 14.2. The quantitative estimate of drug-likeness (QED) is 0.374. The second kappa shape index (κ2) is 7.74. The number of aromatic hydroxyl groups is 1. The van der Waals surface area contributed by atoms with Gasteiger partial charge in [-0.3, -0.25) is 0 Å². The number of ether oxygens (including phenoxy) is 2. The predicted octanol–water partition coefficient (Wildman–Crippen LogP) is 3.02. The van der Waals surface area contributed by atoms with Crippen LogP contribution < -0.4 is 10.1 Å². The molecule has 0 saturated heterocycles. The molecule has 0 unspecified atom stereocenters. The van der Waals surface area contributed by atoms with Gasteiger partial charge in [0.2, 0.25) is 0 Å². The molecule has 1 aliphatic rings. The number of phenols is 1. The summed E-state index contributed by atoms with van der Waals surface area (Å²) in [6.45, 7) is 3.44. The molecule has 2 aromatic carbocycles. The molecule has 134 valence electrons. The Bertz CT molecular complexity index is 901. The fraction of sp³-hybridized carbons (Fsp3) is 0.200. The molecule has 1 aliphatic carbocycles. The Morgan fingerprint density at radius 2 is 1.85 bits per heavy atom. The number of esters is 1. The first-order valence-electron chi connectivity index (χ1n) is 8.27. The van der Waals surface area contributed by atoms with Gasteiger partial charge in [0.1, 0.15) is 18.1 Å². The summed E-state index contributed by atoms with van der Waals surface area (Å²) >= 11 is 0. The first-order valence-corrected chi connectivity index (χ1v) is 8.27. The molecule has 0 heterocycles. The van der Waals surface area contributed by atoms with Crippen LogP contribution in [0.15, 0.2) is 49.1 Å². The summed E-state index contributed by atoms with van der Waals surface area (Å²) in [5.74, 6) is 0.118. The lowest BCUT2D eigenvalue weighted by molar-refractivity contribution is -0.137. The molecule has 0 bridgehead atoms. The Morgan fingerprint density at radius 1 is 1.15 bits per heavy atom. The van der Waals surface area contributed by atoms with Crippen molar-refractivity contribution >= 4 is 22.8 Å². The largest absolute Gasteiger partial charge is 0.507 e. The van der Waals surface area contributed by atoms with Gasteiger partial charge in [0.25, 0.3) is 0 Å². The summed E-state index contributed by atoms with van der Waals surface area (Å²) in [7, 11) is 0. The lowest BCUT2D eigenvalue weighted by atomic mass is 9.91. The van der Waals surface area contributed by atoms with E-state index in [9.17, 15) is 14.7 Å². The van der Waals surface area contributed by atoms with E-state index < -0.39 is 12.1 Å². The van der Waals surface area contributed by atoms with E-state index in [0.29, 0.717) is 29.4 Å². The van der Waals surface area contributed by atoms with Crippen molar-refractivity contribution in [3.8, 4) is 11.5 Å². The van der Waals surface area contributed by atoms with Gasteiger partial charge in [0.15, 0.2) is 0 Å². The van der Waals surface area contributed by atoms with Crippen molar-refractivity contribution < 1.29 is 24.2 Å². The molecule has 0 saturated carbocycles. The number of phenolic OH excluding ortho intramolecular Hbond substituents is 1. The highest BCUT2D eigenvalue weighted by molar-refractivity contribution is 5.97. The van der Waals surface area contributed by atoms with Crippen LogP contribution >= 0.6 is 0 Å². The third kappa shape index (κ3) is 3.54. The molecule has 0 radical (unpaired) electrons. The predicted molar refractivity (Wildman–Crippen MR) is 97.3 cm³/mol. The third-order valence-corrected chi connectivity index (χ3v) is 4.14. The highest BCUT2D eigenvalue weighted by Gasteiger charge is 2.22. The summed E-state index contributed by atoms with van der Waals surface area (Å²) in [4.78, 5) is 23.1. The van der Waals surface area contributed by atoms with Gasteiger partial charge in [-0.2, -0.15) is 0 Å². The van der Waals surface area contributed by atoms with Crippen molar-refractivity contribution in [3.63, 3.8) is 0 Å². The van der Waals surface area contributed by atoms with Gasteiger partial charge < -0.3 is 19.9 Å². The van der Waals surface area contributed by atoms with E-state index >= 15 is 0 Å². The second-order valence-electron chi connectivity index (χ2n) is 5.75. The summed E-state index contributed by atoms with van der Waals surface area (Å²) in [5, 5.41) is 14.4. The highest BCUT2D eigenvalue weighted by atomic mass is 16.6. The van der Waals surface area contributed by atoms with Crippen molar-refractivity contribution in [1.82, 2.24) is 5.32 Å². The number of allylic oxidation sites excluding steroid dienone is 2. The van der Waals surface area contributed by atoms with Gasteiger partial charge >= 0.3 is 12.1 Å². The maximum absolute atomic E-state index is 12.2. The molecule has 1 amide bonds. The second-order valence-corrected chi connectivity index (χ2v) is 5.75. The molecule has 0 fully saturated rings. The Balaban J connectivity index is 1.81. The number of carbonyl (C=O) groups is 2. The van der Waals surface area contributed by atoms with Crippen LogP contribution in [0.5, 0.6) is 11.5 Å². The minimum absolute atomic E-state index is 0.0249. The van der Waals surface area contributed by atoms with Crippen LogP contribution in [-0.4, -0.2) is 30.3 Å². The highest BCUT2D eigenvalue weighted by Crippen LogP contribution is 2.42. The van der Waals surface area contributed by atoms with Crippen LogP contribution in [0.3, 0.4) is 0 Å². The number of nitrogens with one attached hydrogen (secondary N) is 1. The lowest BCUT2D eigenvalue weighted by Gasteiger charge is -2.20. The van der Waals surface area contributed by atoms with Crippen LogP contribution in [0.25, 0.3) is 10.8 Å². The topological polar surface area (TPSA) is 84.9 Å². The number of hydrogen-bond donors (Lipinski definition) is 2. The third-order valence-electron chi connectivity index (χ3n) is 4.14. The Hall–Kier alpha value is -3.28. The Kier molecular flexibility index (Phi) is 5.22. The SMILES string of the molecule is C=CC(=O)OCCNC(=O)Oc1c2c(c(O)c3ccccc13)CC=CC2. The molecule has 2 N–H and O–H groups in total. The van der Waals surface area contributed by atoms with Gasteiger partial charge in [0, 0.05) is 28.0 Å². The van der Waals surface area contributed by atoms with Crippen molar-refractivity contribution in [1.29, 1.82) is 0 Å². The molecule has 0 aliphatic heterocycles. The van der Waals surface area contributed by atoms with E-state index in [-0.39, 0.29) is 18.9 Å². The zero-order chi connectivity index (χ0) is 18.5. The fourth-order valence-electron chi connectivity index (χ4n) is 2.94. The molecule has 2 aromatic rings.